The highest BCUT2D eigenvalue weighted by Gasteiger charge is 2.17. The molecule has 0 aliphatic rings. The Balaban J connectivity index is 1.86. The molecule has 0 bridgehead atoms. The number of phenolic OH excluding ortho intramolecular Hbond substituents is 1. The van der Waals surface area contributed by atoms with Gasteiger partial charge in [-0.25, -0.2) is 4.98 Å². The van der Waals surface area contributed by atoms with Crippen LogP contribution in [0.2, 0.25) is 0 Å². The van der Waals surface area contributed by atoms with Crippen molar-refractivity contribution in [1.82, 2.24) is 15.0 Å². The summed E-state index contributed by atoms with van der Waals surface area (Å²) in [5, 5.41) is 14.7. The number of aromatic nitrogens is 3. The third kappa shape index (κ3) is 3.10. The van der Waals surface area contributed by atoms with E-state index in [0.717, 1.165) is 27.1 Å². The zero-order valence-corrected chi connectivity index (χ0v) is 16.4. The number of hydrogen-bond donors (Lipinski definition) is 1. The fraction of sp³-hybridized carbons (Fsp3) is 0.0800. The normalized spacial score (nSPS) is 11.1. The standard InChI is InChI=1S/C25H19N3O2/c1-2-30-25-27-23(20-13-7-8-14-21(20)29)26-24(28-25)22-18-11-5-3-9-16(18)15-17-10-4-6-12-19(17)22/h3-15,29H,2H2,1H3. The third-order valence-corrected chi connectivity index (χ3v) is 5.03. The average Bonchev–Trinajstić information content (AvgIpc) is 2.77. The second-order valence-electron chi connectivity index (χ2n) is 6.91. The van der Waals surface area contributed by atoms with Gasteiger partial charge in [0.05, 0.1) is 12.2 Å². The highest BCUT2D eigenvalue weighted by molar-refractivity contribution is 6.11. The second kappa shape index (κ2) is 7.44. The summed E-state index contributed by atoms with van der Waals surface area (Å²) in [7, 11) is 0. The Morgan fingerprint density at radius 2 is 1.33 bits per heavy atom. The summed E-state index contributed by atoms with van der Waals surface area (Å²) in [6.07, 6.45) is 0. The van der Waals surface area contributed by atoms with Crippen molar-refractivity contribution in [3.63, 3.8) is 0 Å². The molecule has 30 heavy (non-hydrogen) atoms. The highest BCUT2D eigenvalue weighted by atomic mass is 16.5. The lowest BCUT2D eigenvalue weighted by Gasteiger charge is -2.13. The number of ether oxygens (including phenoxy) is 1. The summed E-state index contributed by atoms with van der Waals surface area (Å²) in [5.41, 5.74) is 1.45. The summed E-state index contributed by atoms with van der Waals surface area (Å²) in [6, 6.07) is 25.8. The molecule has 0 fully saturated rings. The topological polar surface area (TPSA) is 68.1 Å². The first-order valence-corrected chi connectivity index (χ1v) is 9.82. The molecule has 0 unspecified atom stereocenters. The Hall–Kier alpha value is -3.99. The Kier molecular flexibility index (Phi) is 4.48. The first-order valence-electron chi connectivity index (χ1n) is 9.82. The number of para-hydroxylation sites is 1. The van der Waals surface area contributed by atoms with Gasteiger partial charge >= 0.3 is 6.01 Å². The van der Waals surface area contributed by atoms with Gasteiger partial charge in [0.2, 0.25) is 0 Å². The van der Waals surface area contributed by atoms with E-state index in [1.54, 1.807) is 18.2 Å². The van der Waals surface area contributed by atoms with Crippen molar-refractivity contribution in [2.75, 3.05) is 6.61 Å². The van der Waals surface area contributed by atoms with E-state index in [1.807, 2.05) is 37.3 Å². The van der Waals surface area contributed by atoms with Crippen LogP contribution in [0.3, 0.4) is 0 Å². The molecule has 0 saturated carbocycles. The van der Waals surface area contributed by atoms with E-state index >= 15 is 0 Å². The molecule has 5 nitrogen and oxygen atoms in total. The molecule has 0 aliphatic carbocycles. The summed E-state index contributed by atoms with van der Waals surface area (Å²) in [6.45, 7) is 2.32. The van der Waals surface area contributed by atoms with Gasteiger partial charge in [0, 0.05) is 5.56 Å². The van der Waals surface area contributed by atoms with E-state index in [-0.39, 0.29) is 11.8 Å². The molecule has 5 aromatic rings. The van der Waals surface area contributed by atoms with Crippen LogP contribution < -0.4 is 4.74 Å². The van der Waals surface area contributed by atoms with Crippen molar-refractivity contribution in [2.24, 2.45) is 0 Å². The van der Waals surface area contributed by atoms with Crippen molar-refractivity contribution in [3.8, 4) is 34.5 Å². The Bertz CT molecular complexity index is 1330. The summed E-state index contributed by atoms with van der Waals surface area (Å²) in [5.74, 6) is 0.998. The minimum absolute atomic E-state index is 0.111. The zero-order valence-electron chi connectivity index (χ0n) is 16.4. The minimum Gasteiger partial charge on any atom is -0.507 e. The molecular formula is C25H19N3O2. The van der Waals surface area contributed by atoms with Crippen LogP contribution in [0.1, 0.15) is 6.92 Å². The molecule has 146 valence electrons. The van der Waals surface area contributed by atoms with Crippen LogP contribution in [-0.2, 0) is 0 Å². The number of benzene rings is 4. The van der Waals surface area contributed by atoms with Gasteiger partial charge in [-0.15, -0.1) is 0 Å². The molecule has 4 aromatic carbocycles. The van der Waals surface area contributed by atoms with Crippen molar-refractivity contribution in [1.29, 1.82) is 0 Å². The number of phenols is 1. The Morgan fingerprint density at radius 3 is 2.00 bits per heavy atom. The third-order valence-electron chi connectivity index (χ3n) is 5.03. The maximum atomic E-state index is 10.3. The lowest BCUT2D eigenvalue weighted by atomic mass is 9.96. The van der Waals surface area contributed by atoms with E-state index < -0.39 is 0 Å². The highest BCUT2D eigenvalue weighted by Crippen LogP contribution is 2.36. The molecular weight excluding hydrogens is 374 g/mol. The van der Waals surface area contributed by atoms with Crippen LogP contribution in [-0.4, -0.2) is 26.7 Å². The second-order valence-corrected chi connectivity index (χ2v) is 6.91. The zero-order chi connectivity index (χ0) is 20.5. The van der Waals surface area contributed by atoms with Crippen LogP contribution in [0.25, 0.3) is 44.3 Å². The maximum absolute atomic E-state index is 10.3. The van der Waals surface area contributed by atoms with Gasteiger partial charge in [0.15, 0.2) is 11.6 Å². The SMILES string of the molecule is CCOc1nc(-c2ccccc2O)nc(-c2c3ccccc3cc3ccccc23)n1. The first kappa shape index (κ1) is 18.1. The van der Waals surface area contributed by atoms with Crippen molar-refractivity contribution in [3.05, 3.63) is 78.9 Å². The molecule has 5 rings (SSSR count). The maximum Gasteiger partial charge on any atom is 0.320 e. The van der Waals surface area contributed by atoms with Gasteiger partial charge in [-0.3, -0.25) is 0 Å². The van der Waals surface area contributed by atoms with Crippen LogP contribution in [0, 0.1) is 0 Å². The van der Waals surface area contributed by atoms with Crippen LogP contribution in [0.15, 0.2) is 78.9 Å². The largest absolute Gasteiger partial charge is 0.507 e. The quantitative estimate of drug-likeness (QED) is 0.402. The molecule has 1 heterocycles. The smallest absolute Gasteiger partial charge is 0.320 e. The fourth-order valence-electron chi connectivity index (χ4n) is 3.70. The van der Waals surface area contributed by atoms with E-state index in [2.05, 4.69) is 40.3 Å². The molecule has 0 saturated heterocycles. The summed E-state index contributed by atoms with van der Waals surface area (Å²) >= 11 is 0. The van der Waals surface area contributed by atoms with Crippen LogP contribution in [0.5, 0.6) is 11.8 Å². The molecule has 1 N–H and O–H groups in total. The van der Waals surface area contributed by atoms with E-state index in [0.29, 0.717) is 23.8 Å². The van der Waals surface area contributed by atoms with Gasteiger partial charge in [0.25, 0.3) is 0 Å². The van der Waals surface area contributed by atoms with Crippen LogP contribution >= 0.6 is 0 Å². The lowest BCUT2D eigenvalue weighted by molar-refractivity contribution is 0.312. The summed E-state index contributed by atoms with van der Waals surface area (Å²) < 4.78 is 5.65. The summed E-state index contributed by atoms with van der Waals surface area (Å²) in [4.78, 5) is 13.8. The Morgan fingerprint density at radius 1 is 0.733 bits per heavy atom. The van der Waals surface area contributed by atoms with Gasteiger partial charge in [-0.2, -0.15) is 9.97 Å². The molecule has 1 aromatic heterocycles. The fourth-order valence-corrected chi connectivity index (χ4v) is 3.70. The van der Waals surface area contributed by atoms with E-state index in [4.69, 9.17) is 9.72 Å². The van der Waals surface area contributed by atoms with Gasteiger partial charge in [-0.1, -0.05) is 60.7 Å². The van der Waals surface area contributed by atoms with Gasteiger partial charge < -0.3 is 9.84 Å². The monoisotopic (exact) mass is 393 g/mol. The number of nitrogens with zero attached hydrogens (tertiary/aromatic N) is 3. The molecule has 5 heteroatoms. The number of rotatable bonds is 4. The molecule has 0 radical (unpaired) electrons. The van der Waals surface area contributed by atoms with E-state index in [9.17, 15) is 5.11 Å². The van der Waals surface area contributed by atoms with Crippen molar-refractivity contribution in [2.45, 2.75) is 6.92 Å². The predicted octanol–water partition coefficient (Wildman–Crippen LogP) is 5.62. The number of hydrogen-bond acceptors (Lipinski definition) is 5. The van der Waals surface area contributed by atoms with Crippen molar-refractivity contribution < 1.29 is 9.84 Å². The van der Waals surface area contributed by atoms with Crippen molar-refractivity contribution >= 4 is 21.5 Å². The predicted molar refractivity (Wildman–Crippen MR) is 119 cm³/mol. The molecule has 0 aliphatic heterocycles. The van der Waals surface area contributed by atoms with E-state index in [1.165, 1.54) is 0 Å². The number of aromatic hydroxyl groups is 1. The van der Waals surface area contributed by atoms with Gasteiger partial charge in [0.1, 0.15) is 5.75 Å². The first-order chi connectivity index (χ1) is 14.7. The number of fused-ring (bicyclic) bond motifs is 2. The Labute approximate surface area is 173 Å². The minimum atomic E-state index is 0.111. The van der Waals surface area contributed by atoms with Gasteiger partial charge in [-0.05, 0) is 46.7 Å². The van der Waals surface area contributed by atoms with Crippen LogP contribution in [0.4, 0.5) is 0 Å². The molecule has 0 atom stereocenters. The molecule has 0 amide bonds. The lowest BCUT2D eigenvalue weighted by Crippen LogP contribution is -2.03. The average molecular weight is 393 g/mol. The molecule has 0 spiro atoms.